The van der Waals surface area contributed by atoms with Crippen LogP contribution in [0.1, 0.15) is 5.56 Å². The van der Waals surface area contributed by atoms with E-state index >= 15 is 0 Å². The largest absolute Gasteiger partial charge is 0.508 e. The maximum Gasteiger partial charge on any atom is 0.157 e. The van der Waals surface area contributed by atoms with Gasteiger partial charge >= 0.3 is 0 Å². The van der Waals surface area contributed by atoms with Crippen molar-refractivity contribution in [2.45, 2.75) is 6.92 Å². The van der Waals surface area contributed by atoms with Gasteiger partial charge in [0.15, 0.2) is 11.5 Å². The van der Waals surface area contributed by atoms with Gasteiger partial charge in [0.05, 0.1) is 5.69 Å². The van der Waals surface area contributed by atoms with Crippen LogP contribution in [0, 0.1) is 6.92 Å². The van der Waals surface area contributed by atoms with Crippen molar-refractivity contribution < 1.29 is 20.4 Å². The van der Waals surface area contributed by atoms with E-state index in [0.29, 0.717) is 0 Å². The number of nitrogens with two attached hydrogens (primary N) is 1. The quantitative estimate of drug-likeness (QED) is 0.279. The van der Waals surface area contributed by atoms with E-state index in [9.17, 15) is 0 Å². The molecule has 0 aliphatic rings. The van der Waals surface area contributed by atoms with Gasteiger partial charge in [0.25, 0.3) is 0 Å². The number of phenols is 4. The van der Waals surface area contributed by atoms with Crippen LogP contribution in [0.2, 0.25) is 0 Å². The van der Waals surface area contributed by atoms with E-state index in [0.717, 1.165) is 5.56 Å². The van der Waals surface area contributed by atoms with E-state index in [1.165, 1.54) is 30.3 Å². The standard InChI is InChI=1S/C7H8O2.C6H7NO2/c1-5-2-3-6(8)7(9)4-5;7-5-3-4(8)1-2-6(5)9/h2-4,8-9H,1H3;1-3,8-9H,7H2. The molecule has 96 valence electrons. The molecule has 0 aliphatic carbocycles. The zero-order chi connectivity index (χ0) is 13.7. The first-order valence-electron chi connectivity index (χ1n) is 5.16. The Balaban J connectivity index is 0.000000180. The molecule has 0 atom stereocenters. The normalized spacial score (nSPS) is 9.39. The Morgan fingerprint density at radius 2 is 1.39 bits per heavy atom. The molecule has 5 heteroatoms. The summed E-state index contributed by atoms with van der Waals surface area (Å²) in [4.78, 5) is 0. The number of phenolic OH excluding ortho intramolecular Hbond substituents is 4. The van der Waals surface area contributed by atoms with Gasteiger partial charge in [0.2, 0.25) is 0 Å². The maximum absolute atomic E-state index is 8.85. The third kappa shape index (κ3) is 3.79. The highest BCUT2D eigenvalue weighted by atomic mass is 16.3. The summed E-state index contributed by atoms with van der Waals surface area (Å²) in [7, 11) is 0. The first kappa shape index (κ1) is 13.5. The lowest BCUT2D eigenvalue weighted by atomic mass is 10.2. The fourth-order valence-corrected chi connectivity index (χ4v) is 1.18. The van der Waals surface area contributed by atoms with Gasteiger partial charge in [-0.1, -0.05) is 6.07 Å². The minimum atomic E-state index is -0.0689. The monoisotopic (exact) mass is 249 g/mol. The summed E-state index contributed by atoms with van der Waals surface area (Å²) in [5.41, 5.74) is 6.34. The molecule has 0 fully saturated rings. The molecule has 5 nitrogen and oxygen atoms in total. The third-order valence-electron chi connectivity index (χ3n) is 2.14. The van der Waals surface area contributed by atoms with Crippen LogP contribution in [0.25, 0.3) is 0 Å². The Morgan fingerprint density at radius 1 is 0.778 bits per heavy atom. The van der Waals surface area contributed by atoms with E-state index in [1.54, 1.807) is 6.07 Å². The average molecular weight is 249 g/mol. The summed E-state index contributed by atoms with van der Waals surface area (Å²) < 4.78 is 0. The van der Waals surface area contributed by atoms with Crippen molar-refractivity contribution in [1.29, 1.82) is 0 Å². The second-order valence-electron chi connectivity index (χ2n) is 3.74. The van der Waals surface area contributed by atoms with Crippen molar-refractivity contribution in [3.63, 3.8) is 0 Å². The summed E-state index contributed by atoms with van der Waals surface area (Å²) in [5.74, 6) is -0.0753. The van der Waals surface area contributed by atoms with Gasteiger partial charge in [0.1, 0.15) is 11.5 Å². The smallest absolute Gasteiger partial charge is 0.157 e. The molecule has 0 aromatic heterocycles. The highest BCUT2D eigenvalue weighted by Crippen LogP contribution is 2.24. The number of aromatic hydroxyl groups is 4. The third-order valence-corrected chi connectivity index (χ3v) is 2.14. The summed E-state index contributed by atoms with van der Waals surface area (Å²) in [6, 6.07) is 8.70. The summed E-state index contributed by atoms with van der Waals surface area (Å²) in [6.07, 6.45) is 0. The Bertz CT molecular complexity index is 491. The summed E-state index contributed by atoms with van der Waals surface area (Å²) in [5, 5.41) is 35.2. The van der Waals surface area contributed by atoms with Crippen molar-refractivity contribution in [3.8, 4) is 23.0 Å². The maximum atomic E-state index is 8.85. The molecule has 0 saturated carbocycles. The predicted molar refractivity (Wildman–Crippen MR) is 68.7 cm³/mol. The number of hydrogen-bond donors (Lipinski definition) is 5. The molecule has 2 rings (SSSR count). The molecule has 0 amide bonds. The van der Waals surface area contributed by atoms with Crippen LogP contribution >= 0.6 is 0 Å². The molecule has 2 aromatic rings. The van der Waals surface area contributed by atoms with Crippen LogP contribution in [0.3, 0.4) is 0 Å². The predicted octanol–water partition coefficient (Wildman–Crippen LogP) is 2.09. The van der Waals surface area contributed by atoms with E-state index in [2.05, 4.69) is 0 Å². The van der Waals surface area contributed by atoms with E-state index in [4.69, 9.17) is 26.2 Å². The van der Waals surface area contributed by atoms with E-state index < -0.39 is 0 Å². The zero-order valence-corrected chi connectivity index (χ0v) is 9.83. The number of benzene rings is 2. The van der Waals surface area contributed by atoms with Crippen LogP contribution in [-0.4, -0.2) is 20.4 Å². The molecule has 0 heterocycles. The number of hydrogen-bond acceptors (Lipinski definition) is 5. The van der Waals surface area contributed by atoms with Gasteiger partial charge in [-0.05, 0) is 36.8 Å². The van der Waals surface area contributed by atoms with Crippen molar-refractivity contribution in [2.75, 3.05) is 5.73 Å². The molecule has 0 unspecified atom stereocenters. The van der Waals surface area contributed by atoms with Gasteiger partial charge in [-0.25, -0.2) is 0 Å². The molecule has 0 bridgehead atoms. The lowest BCUT2D eigenvalue weighted by molar-refractivity contribution is 0.403. The van der Waals surface area contributed by atoms with Gasteiger partial charge in [-0.15, -0.1) is 0 Å². The van der Waals surface area contributed by atoms with Gasteiger partial charge in [-0.3, -0.25) is 0 Å². The zero-order valence-electron chi connectivity index (χ0n) is 9.83. The van der Waals surface area contributed by atoms with Crippen molar-refractivity contribution in [3.05, 3.63) is 42.0 Å². The minimum Gasteiger partial charge on any atom is -0.508 e. The minimum absolute atomic E-state index is 0.00667. The Kier molecular flexibility index (Phi) is 4.26. The number of rotatable bonds is 0. The molecule has 0 aliphatic heterocycles. The first-order chi connectivity index (χ1) is 8.40. The summed E-state index contributed by atoms with van der Waals surface area (Å²) >= 11 is 0. The molecular weight excluding hydrogens is 234 g/mol. The molecule has 2 aromatic carbocycles. The second-order valence-corrected chi connectivity index (χ2v) is 3.74. The number of anilines is 1. The molecule has 0 saturated heterocycles. The Labute approximate surface area is 104 Å². The molecule has 6 N–H and O–H groups in total. The van der Waals surface area contributed by atoms with E-state index in [-0.39, 0.29) is 28.7 Å². The summed E-state index contributed by atoms with van der Waals surface area (Å²) in [6.45, 7) is 1.85. The van der Waals surface area contributed by atoms with Crippen LogP contribution < -0.4 is 5.73 Å². The topological polar surface area (TPSA) is 107 Å². The van der Waals surface area contributed by atoms with Crippen molar-refractivity contribution in [2.24, 2.45) is 0 Å². The van der Waals surface area contributed by atoms with E-state index in [1.807, 2.05) is 6.92 Å². The van der Waals surface area contributed by atoms with Crippen LogP contribution in [-0.2, 0) is 0 Å². The average Bonchev–Trinajstić information content (AvgIpc) is 2.30. The fourth-order valence-electron chi connectivity index (χ4n) is 1.18. The van der Waals surface area contributed by atoms with Crippen LogP contribution in [0.15, 0.2) is 36.4 Å². The lowest BCUT2D eigenvalue weighted by Crippen LogP contribution is -1.83. The second kappa shape index (κ2) is 5.67. The first-order valence-corrected chi connectivity index (χ1v) is 5.16. The van der Waals surface area contributed by atoms with Crippen LogP contribution in [0.4, 0.5) is 5.69 Å². The Morgan fingerprint density at radius 3 is 1.83 bits per heavy atom. The molecule has 0 radical (unpaired) electrons. The van der Waals surface area contributed by atoms with Gasteiger partial charge < -0.3 is 26.2 Å². The van der Waals surface area contributed by atoms with Crippen molar-refractivity contribution >= 4 is 5.69 Å². The molecule has 18 heavy (non-hydrogen) atoms. The lowest BCUT2D eigenvalue weighted by Gasteiger charge is -1.96. The Hall–Kier alpha value is -2.56. The highest BCUT2D eigenvalue weighted by Gasteiger charge is 1.95. The van der Waals surface area contributed by atoms with Crippen molar-refractivity contribution in [1.82, 2.24) is 0 Å². The molecular formula is C13H15NO4. The highest BCUT2D eigenvalue weighted by molar-refractivity contribution is 5.54. The van der Waals surface area contributed by atoms with Crippen LogP contribution in [0.5, 0.6) is 23.0 Å². The SMILES string of the molecule is Cc1ccc(O)c(O)c1.Nc1cc(O)ccc1O. The van der Waals surface area contributed by atoms with Gasteiger partial charge in [0, 0.05) is 6.07 Å². The van der Waals surface area contributed by atoms with Gasteiger partial charge in [-0.2, -0.15) is 0 Å². The molecule has 0 spiro atoms. The number of nitrogen functional groups attached to an aromatic ring is 1. The fraction of sp³-hybridized carbons (Fsp3) is 0.0769. The number of aryl methyl sites for hydroxylation is 1.